The zero-order valence-corrected chi connectivity index (χ0v) is 12.8. The number of hydrogen-bond acceptors (Lipinski definition) is 2. The van der Waals surface area contributed by atoms with Crippen LogP contribution in [0.15, 0.2) is 59.6 Å². The molecule has 0 N–H and O–H groups in total. The van der Waals surface area contributed by atoms with Crippen LogP contribution in [0.5, 0.6) is 0 Å². The van der Waals surface area contributed by atoms with Crippen LogP contribution in [0, 0.1) is 0 Å². The fourth-order valence-corrected chi connectivity index (χ4v) is 3.06. The summed E-state index contributed by atoms with van der Waals surface area (Å²) in [7, 11) is 0. The van der Waals surface area contributed by atoms with Crippen molar-refractivity contribution >= 4 is 45.9 Å². The topological polar surface area (TPSA) is 12.9 Å². The summed E-state index contributed by atoms with van der Waals surface area (Å²) in [5.41, 5.74) is 2.16. The summed E-state index contributed by atoms with van der Waals surface area (Å²) in [5.74, 6) is 0.822. The van der Waals surface area contributed by atoms with E-state index in [1.54, 1.807) is 11.8 Å². The van der Waals surface area contributed by atoms with E-state index >= 15 is 0 Å². The molecule has 0 unspecified atom stereocenters. The van der Waals surface area contributed by atoms with Crippen molar-refractivity contribution in [3.05, 3.63) is 70.2 Å². The van der Waals surface area contributed by atoms with Crippen molar-refractivity contribution in [3.8, 4) is 0 Å². The highest BCUT2D eigenvalue weighted by Gasteiger charge is 2.02. The molecule has 0 spiro atoms. The number of benzene rings is 2. The van der Waals surface area contributed by atoms with Crippen molar-refractivity contribution in [1.29, 1.82) is 0 Å². The van der Waals surface area contributed by atoms with E-state index in [-0.39, 0.29) is 0 Å². The van der Waals surface area contributed by atoms with Crippen LogP contribution < -0.4 is 0 Å². The number of rotatable bonds is 3. The molecule has 20 heavy (non-hydrogen) atoms. The number of para-hydroxylation sites is 1. The Morgan fingerprint density at radius 3 is 2.60 bits per heavy atom. The van der Waals surface area contributed by atoms with Crippen LogP contribution in [0.4, 0.5) is 0 Å². The van der Waals surface area contributed by atoms with Gasteiger partial charge in [0.2, 0.25) is 0 Å². The average molecular weight is 320 g/mol. The normalized spacial score (nSPS) is 10.9. The Morgan fingerprint density at radius 1 is 0.900 bits per heavy atom. The molecular weight excluding hydrogens is 309 g/mol. The molecule has 0 aliphatic carbocycles. The molecular formula is C16H11Cl2NS. The summed E-state index contributed by atoms with van der Waals surface area (Å²) < 4.78 is 0. The Hall–Kier alpha value is -1.22. The van der Waals surface area contributed by atoms with Crippen LogP contribution in [0.2, 0.25) is 10.0 Å². The summed E-state index contributed by atoms with van der Waals surface area (Å²) in [6.45, 7) is 0. The number of fused-ring (bicyclic) bond motifs is 1. The molecule has 3 rings (SSSR count). The summed E-state index contributed by atoms with van der Waals surface area (Å²) in [4.78, 5) is 4.63. The van der Waals surface area contributed by atoms with Crippen LogP contribution in [0.25, 0.3) is 10.9 Å². The maximum Gasteiger partial charge on any atom is 0.0970 e. The first-order valence-electron chi connectivity index (χ1n) is 6.15. The third-order valence-electron chi connectivity index (χ3n) is 2.94. The van der Waals surface area contributed by atoms with Crippen molar-refractivity contribution < 1.29 is 0 Å². The number of nitrogens with zero attached hydrogens (tertiary/aromatic N) is 1. The van der Waals surface area contributed by atoms with E-state index in [2.05, 4.69) is 17.1 Å². The number of thioether (sulfide) groups is 1. The highest BCUT2D eigenvalue weighted by molar-refractivity contribution is 7.98. The molecule has 0 aliphatic heterocycles. The Labute approximate surface area is 131 Å². The summed E-state index contributed by atoms with van der Waals surface area (Å²) in [6, 6.07) is 18.0. The van der Waals surface area contributed by atoms with E-state index in [0.29, 0.717) is 10.0 Å². The smallest absolute Gasteiger partial charge is 0.0970 e. The second-order valence-electron chi connectivity index (χ2n) is 4.38. The minimum Gasteiger partial charge on any atom is -0.241 e. The zero-order valence-electron chi connectivity index (χ0n) is 10.5. The standard InChI is InChI=1S/C16H11Cl2NS/c17-13-7-5-11(9-14(13)18)10-20-16-8-6-12-3-1-2-4-15(12)19-16/h1-9H,10H2. The first-order valence-corrected chi connectivity index (χ1v) is 7.89. The maximum atomic E-state index is 6.02. The van der Waals surface area contributed by atoms with E-state index in [4.69, 9.17) is 23.2 Å². The van der Waals surface area contributed by atoms with Crippen LogP contribution in [0.1, 0.15) is 5.56 Å². The Balaban J connectivity index is 1.77. The summed E-state index contributed by atoms with van der Waals surface area (Å²) >= 11 is 13.6. The van der Waals surface area contributed by atoms with Crippen molar-refractivity contribution in [2.75, 3.05) is 0 Å². The summed E-state index contributed by atoms with van der Waals surface area (Å²) in [5, 5.41) is 3.35. The second kappa shape index (κ2) is 6.04. The van der Waals surface area contributed by atoms with Gasteiger partial charge in [-0.3, -0.25) is 0 Å². The van der Waals surface area contributed by atoms with Crippen LogP contribution in [-0.2, 0) is 5.75 Å². The molecule has 1 heterocycles. The molecule has 0 saturated heterocycles. The monoisotopic (exact) mass is 319 g/mol. The van der Waals surface area contributed by atoms with Gasteiger partial charge in [-0.1, -0.05) is 53.5 Å². The largest absolute Gasteiger partial charge is 0.241 e. The van der Waals surface area contributed by atoms with Gasteiger partial charge in [-0.05, 0) is 29.8 Å². The molecule has 3 aromatic rings. The zero-order chi connectivity index (χ0) is 13.9. The lowest BCUT2D eigenvalue weighted by Crippen LogP contribution is -1.85. The lowest BCUT2D eigenvalue weighted by atomic mass is 10.2. The maximum absolute atomic E-state index is 6.02. The summed E-state index contributed by atoms with van der Waals surface area (Å²) in [6.07, 6.45) is 0. The molecule has 0 saturated carbocycles. The fraction of sp³-hybridized carbons (Fsp3) is 0.0625. The molecule has 100 valence electrons. The third-order valence-corrected chi connectivity index (χ3v) is 4.68. The lowest BCUT2D eigenvalue weighted by molar-refractivity contribution is 1.18. The van der Waals surface area contributed by atoms with Crippen molar-refractivity contribution in [2.24, 2.45) is 0 Å². The molecule has 1 nitrogen and oxygen atoms in total. The van der Waals surface area contributed by atoms with Gasteiger partial charge in [-0.15, -0.1) is 11.8 Å². The van der Waals surface area contributed by atoms with Gasteiger partial charge >= 0.3 is 0 Å². The molecule has 2 aromatic carbocycles. The second-order valence-corrected chi connectivity index (χ2v) is 6.19. The molecule has 0 atom stereocenters. The van der Waals surface area contributed by atoms with Crippen LogP contribution >= 0.6 is 35.0 Å². The van der Waals surface area contributed by atoms with Gasteiger partial charge in [-0.2, -0.15) is 0 Å². The van der Waals surface area contributed by atoms with Gasteiger partial charge in [-0.25, -0.2) is 4.98 Å². The fourth-order valence-electron chi connectivity index (χ4n) is 1.91. The Morgan fingerprint density at radius 2 is 1.75 bits per heavy atom. The highest BCUT2D eigenvalue weighted by atomic mass is 35.5. The lowest BCUT2D eigenvalue weighted by Gasteiger charge is -2.04. The van der Waals surface area contributed by atoms with Crippen molar-refractivity contribution in [2.45, 2.75) is 10.8 Å². The predicted molar refractivity (Wildman–Crippen MR) is 87.8 cm³/mol. The third kappa shape index (κ3) is 3.09. The van der Waals surface area contributed by atoms with Gasteiger partial charge in [0.05, 0.1) is 20.6 Å². The quantitative estimate of drug-likeness (QED) is 0.563. The molecule has 0 fully saturated rings. The molecule has 0 bridgehead atoms. The number of pyridine rings is 1. The predicted octanol–water partition coefficient (Wildman–Crippen LogP) is 5.83. The average Bonchev–Trinajstić information content (AvgIpc) is 2.48. The number of halogens is 2. The molecule has 1 aromatic heterocycles. The van der Waals surface area contributed by atoms with Gasteiger partial charge < -0.3 is 0 Å². The minimum atomic E-state index is 0.587. The van der Waals surface area contributed by atoms with Gasteiger partial charge in [0.1, 0.15) is 0 Å². The first-order chi connectivity index (χ1) is 9.72. The SMILES string of the molecule is Clc1ccc(CSc2ccc3ccccc3n2)cc1Cl. The van der Waals surface area contributed by atoms with E-state index in [1.165, 1.54) is 0 Å². The first kappa shape index (κ1) is 13.7. The van der Waals surface area contributed by atoms with Gasteiger partial charge in [0.25, 0.3) is 0 Å². The van der Waals surface area contributed by atoms with Crippen molar-refractivity contribution in [1.82, 2.24) is 4.98 Å². The van der Waals surface area contributed by atoms with Crippen molar-refractivity contribution in [3.63, 3.8) is 0 Å². The Bertz CT molecular complexity index is 758. The molecule has 0 amide bonds. The molecule has 0 radical (unpaired) electrons. The molecule has 0 aliphatic rings. The minimum absolute atomic E-state index is 0.587. The Kier molecular flexibility index (Phi) is 4.16. The van der Waals surface area contributed by atoms with Crippen LogP contribution in [0.3, 0.4) is 0 Å². The highest BCUT2D eigenvalue weighted by Crippen LogP contribution is 2.27. The van der Waals surface area contributed by atoms with Crippen LogP contribution in [-0.4, -0.2) is 4.98 Å². The van der Waals surface area contributed by atoms with E-state index in [1.807, 2.05) is 42.5 Å². The molecule has 4 heteroatoms. The number of aromatic nitrogens is 1. The van der Waals surface area contributed by atoms with Gasteiger partial charge in [0.15, 0.2) is 0 Å². The number of hydrogen-bond donors (Lipinski definition) is 0. The van der Waals surface area contributed by atoms with E-state index < -0.39 is 0 Å². The van der Waals surface area contributed by atoms with E-state index in [0.717, 1.165) is 27.2 Å². The van der Waals surface area contributed by atoms with E-state index in [9.17, 15) is 0 Å². The van der Waals surface area contributed by atoms with Gasteiger partial charge in [0, 0.05) is 11.1 Å².